The van der Waals surface area contributed by atoms with Crippen LogP contribution in [0.5, 0.6) is 0 Å². The van der Waals surface area contributed by atoms with Crippen molar-refractivity contribution in [1.29, 1.82) is 0 Å². The standard InChI is InChI=1S/C10H19N3O2/c1-5-7(11)8-12-9(13-15-8)10(3,6-2)14-4/h7H,5-6,11H2,1-4H3/t7-,10?/m0/s1. The predicted octanol–water partition coefficient (Wildman–Crippen LogP) is 1.75. The minimum atomic E-state index is -0.491. The van der Waals surface area contributed by atoms with Crippen LogP contribution in [0.25, 0.3) is 0 Å². The maximum Gasteiger partial charge on any atom is 0.243 e. The van der Waals surface area contributed by atoms with E-state index in [9.17, 15) is 0 Å². The maximum atomic E-state index is 5.80. The van der Waals surface area contributed by atoms with Crippen molar-refractivity contribution in [3.05, 3.63) is 11.7 Å². The molecule has 1 heterocycles. The van der Waals surface area contributed by atoms with Crippen LogP contribution < -0.4 is 5.73 Å². The second-order valence-electron chi connectivity index (χ2n) is 3.76. The molecule has 0 aliphatic carbocycles. The van der Waals surface area contributed by atoms with Crippen LogP contribution >= 0.6 is 0 Å². The first-order valence-corrected chi connectivity index (χ1v) is 5.22. The SMILES string of the molecule is CC[C@H](N)c1nc(C(C)(CC)OC)no1. The van der Waals surface area contributed by atoms with Crippen molar-refractivity contribution < 1.29 is 9.26 Å². The zero-order valence-corrected chi connectivity index (χ0v) is 9.78. The monoisotopic (exact) mass is 213 g/mol. The van der Waals surface area contributed by atoms with Gasteiger partial charge in [-0.15, -0.1) is 0 Å². The van der Waals surface area contributed by atoms with E-state index >= 15 is 0 Å². The average Bonchev–Trinajstić information content (AvgIpc) is 2.76. The Morgan fingerprint density at radius 3 is 2.67 bits per heavy atom. The normalized spacial score (nSPS) is 17.4. The van der Waals surface area contributed by atoms with Gasteiger partial charge in [0.2, 0.25) is 11.7 Å². The Labute approximate surface area is 90.0 Å². The lowest BCUT2D eigenvalue weighted by atomic mass is 10.0. The number of methoxy groups -OCH3 is 1. The molecule has 1 aromatic rings. The van der Waals surface area contributed by atoms with E-state index in [2.05, 4.69) is 10.1 Å². The van der Waals surface area contributed by atoms with Crippen molar-refractivity contribution in [2.45, 2.75) is 45.3 Å². The van der Waals surface area contributed by atoms with Gasteiger partial charge in [-0.25, -0.2) is 0 Å². The first-order valence-electron chi connectivity index (χ1n) is 5.22. The van der Waals surface area contributed by atoms with E-state index in [-0.39, 0.29) is 6.04 Å². The minimum Gasteiger partial charge on any atom is -0.370 e. The van der Waals surface area contributed by atoms with Gasteiger partial charge in [-0.05, 0) is 19.8 Å². The average molecular weight is 213 g/mol. The van der Waals surface area contributed by atoms with Gasteiger partial charge in [-0.2, -0.15) is 4.98 Å². The molecule has 0 aromatic carbocycles. The van der Waals surface area contributed by atoms with Crippen molar-refractivity contribution in [3.63, 3.8) is 0 Å². The predicted molar refractivity (Wildman–Crippen MR) is 56.2 cm³/mol. The first-order chi connectivity index (χ1) is 7.07. The molecule has 5 nitrogen and oxygen atoms in total. The van der Waals surface area contributed by atoms with Crippen LogP contribution in [-0.4, -0.2) is 17.3 Å². The molecule has 86 valence electrons. The van der Waals surface area contributed by atoms with Crippen LogP contribution in [0.4, 0.5) is 0 Å². The van der Waals surface area contributed by atoms with Crippen LogP contribution in [-0.2, 0) is 10.3 Å². The molecular weight excluding hydrogens is 194 g/mol. The van der Waals surface area contributed by atoms with Crippen molar-refractivity contribution in [2.24, 2.45) is 5.73 Å². The van der Waals surface area contributed by atoms with Gasteiger partial charge in [0.1, 0.15) is 5.60 Å². The summed E-state index contributed by atoms with van der Waals surface area (Å²) in [5.41, 5.74) is 5.31. The van der Waals surface area contributed by atoms with Crippen molar-refractivity contribution in [2.75, 3.05) is 7.11 Å². The second-order valence-corrected chi connectivity index (χ2v) is 3.76. The van der Waals surface area contributed by atoms with E-state index in [4.69, 9.17) is 15.0 Å². The molecule has 0 fully saturated rings. The third-order valence-electron chi connectivity index (χ3n) is 2.80. The highest BCUT2D eigenvalue weighted by molar-refractivity contribution is 5.00. The Morgan fingerprint density at radius 1 is 1.53 bits per heavy atom. The van der Waals surface area contributed by atoms with E-state index < -0.39 is 5.60 Å². The van der Waals surface area contributed by atoms with Crippen molar-refractivity contribution in [1.82, 2.24) is 10.1 Å². The lowest BCUT2D eigenvalue weighted by molar-refractivity contribution is -0.0106. The Kier molecular flexibility index (Phi) is 3.82. The molecule has 0 aliphatic heterocycles. The molecule has 0 saturated heterocycles. The molecule has 5 heteroatoms. The largest absolute Gasteiger partial charge is 0.370 e. The third-order valence-corrected chi connectivity index (χ3v) is 2.80. The minimum absolute atomic E-state index is 0.191. The van der Waals surface area contributed by atoms with Gasteiger partial charge in [0.15, 0.2) is 0 Å². The smallest absolute Gasteiger partial charge is 0.243 e. The van der Waals surface area contributed by atoms with Gasteiger partial charge in [-0.3, -0.25) is 0 Å². The zero-order valence-electron chi connectivity index (χ0n) is 9.78. The number of aromatic nitrogens is 2. The van der Waals surface area contributed by atoms with Crippen LogP contribution in [0.15, 0.2) is 4.52 Å². The van der Waals surface area contributed by atoms with E-state index in [1.807, 2.05) is 20.8 Å². The number of rotatable bonds is 5. The molecule has 2 N–H and O–H groups in total. The van der Waals surface area contributed by atoms with Crippen LogP contribution in [0.3, 0.4) is 0 Å². The molecular formula is C10H19N3O2. The molecule has 0 spiro atoms. The van der Waals surface area contributed by atoms with E-state index in [0.717, 1.165) is 12.8 Å². The first kappa shape index (κ1) is 12.1. The molecule has 1 aromatic heterocycles. The molecule has 15 heavy (non-hydrogen) atoms. The Bertz CT molecular complexity index is 307. The fourth-order valence-corrected chi connectivity index (χ4v) is 1.17. The molecule has 1 rings (SSSR count). The van der Waals surface area contributed by atoms with Gasteiger partial charge in [0.05, 0.1) is 6.04 Å². The third kappa shape index (κ3) is 2.35. The quantitative estimate of drug-likeness (QED) is 0.806. The van der Waals surface area contributed by atoms with Gasteiger partial charge in [-0.1, -0.05) is 19.0 Å². The van der Waals surface area contributed by atoms with Crippen molar-refractivity contribution >= 4 is 0 Å². The summed E-state index contributed by atoms with van der Waals surface area (Å²) in [6, 6.07) is -0.191. The maximum absolute atomic E-state index is 5.80. The van der Waals surface area contributed by atoms with E-state index in [0.29, 0.717) is 11.7 Å². The molecule has 0 bridgehead atoms. The molecule has 2 atom stereocenters. The summed E-state index contributed by atoms with van der Waals surface area (Å²) in [6.07, 6.45) is 1.56. The van der Waals surface area contributed by atoms with Gasteiger partial charge in [0.25, 0.3) is 0 Å². The number of ether oxygens (including phenoxy) is 1. The van der Waals surface area contributed by atoms with Crippen LogP contribution in [0, 0.1) is 0 Å². The number of hydrogen-bond donors (Lipinski definition) is 1. The summed E-state index contributed by atoms with van der Waals surface area (Å²) in [7, 11) is 1.64. The fraction of sp³-hybridized carbons (Fsp3) is 0.800. The fourth-order valence-electron chi connectivity index (χ4n) is 1.17. The topological polar surface area (TPSA) is 74.2 Å². The summed E-state index contributed by atoms with van der Waals surface area (Å²) >= 11 is 0. The van der Waals surface area contributed by atoms with Gasteiger partial charge in [0, 0.05) is 7.11 Å². The Hall–Kier alpha value is -0.940. The molecule has 0 aliphatic rings. The number of nitrogens with zero attached hydrogens (tertiary/aromatic N) is 2. The zero-order chi connectivity index (χ0) is 11.5. The second kappa shape index (κ2) is 4.72. The summed E-state index contributed by atoms with van der Waals surface area (Å²) in [5.74, 6) is 1.04. The van der Waals surface area contributed by atoms with E-state index in [1.165, 1.54) is 0 Å². The lowest BCUT2D eigenvalue weighted by Gasteiger charge is -2.21. The Morgan fingerprint density at radius 2 is 2.20 bits per heavy atom. The van der Waals surface area contributed by atoms with Crippen molar-refractivity contribution in [3.8, 4) is 0 Å². The van der Waals surface area contributed by atoms with Crippen LogP contribution in [0.2, 0.25) is 0 Å². The highest BCUT2D eigenvalue weighted by Crippen LogP contribution is 2.26. The summed E-state index contributed by atoms with van der Waals surface area (Å²) in [4.78, 5) is 4.27. The number of nitrogens with two attached hydrogens (primary N) is 1. The summed E-state index contributed by atoms with van der Waals surface area (Å²) in [6.45, 7) is 5.92. The highest BCUT2D eigenvalue weighted by Gasteiger charge is 2.30. The highest BCUT2D eigenvalue weighted by atomic mass is 16.5. The Balaban J connectivity index is 2.92. The number of hydrogen-bond acceptors (Lipinski definition) is 5. The lowest BCUT2D eigenvalue weighted by Crippen LogP contribution is -2.25. The molecule has 0 radical (unpaired) electrons. The molecule has 0 saturated carbocycles. The van der Waals surface area contributed by atoms with E-state index in [1.54, 1.807) is 7.11 Å². The summed E-state index contributed by atoms with van der Waals surface area (Å²) in [5, 5.41) is 3.91. The molecule has 0 amide bonds. The van der Waals surface area contributed by atoms with Crippen LogP contribution in [0.1, 0.15) is 51.4 Å². The van der Waals surface area contributed by atoms with Gasteiger partial charge >= 0.3 is 0 Å². The van der Waals surface area contributed by atoms with Gasteiger partial charge < -0.3 is 15.0 Å². The summed E-state index contributed by atoms with van der Waals surface area (Å²) < 4.78 is 10.5. The molecule has 1 unspecified atom stereocenters.